The van der Waals surface area contributed by atoms with Gasteiger partial charge in [-0.25, -0.2) is 9.97 Å². The van der Waals surface area contributed by atoms with Gasteiger partial charge in [0.2, 0.25) is 5.91 Å². The number of nitrogens with one attached hydrogen (secondary N) is 2. The van der Waals surface area contributed by atoms with Gasteiger partial charge in [0.25, 0.3) is 0 Å². The van der Waals surface area contributed by atoms with Crippen molar-refractivity contribution in [2.45, 2.75) is 43.6 Å². The Labute approximate surface area is 170 Å². The van der Waals surface area contributed by atoms with E-state index in [9.17, 15) is 4.79 Å². The summed E-state index contributed by atoms with van der Waals surface area (Å²) < 4.78 is 0. The normalized spacial score (nSPS) is 25.7. The van der Waals surface area contributed by atoms with Crippen molar-refractivity contribution in [2.75, 3.05) is 29.9 Å². The first-order valence-electron chi connectivity index (χ1n) is 10.3. The average Bonchev–Trinajstić information content (AvgIpc) is 2.75. The van der Waals surface area contributed by atoms with Crippen LogP contribution in [0.2, 0.25) is 0 Å². The molecule has 3 heterocycles. The van der Waals surface area contributed by atoms with Crippen molar-refractivity contribution >= 4 is 17.4 Å². The number of nitrogens with zero attached hydrogens (tertiary/aromatic N) is 4. The first-order chi connectivity index (χ1) is 14.2. The summed E-state index contributed by atoms with van der Waals surface area (Å²) in [5.41, 5.74) is 3.52. The van der Waals surface area contributed by atoms with Crippen LogP contribution >= 0.6 is 0 Å². The van der Waals surface area contributed by atoms with Crippen molar-refractivity contribution in [1.82, 2.24) is 15.3 Å². The van der Waals surface area contributed by atoms with E-state index in [4.69, 9.17) is 5.26 Å². The molecular formula is C22H24N6O. The van der Waals surface area contributed by atoms with E-state index in [-0.39, 0.29) is 11.9 Å². The molecule has 2 atom stereocenters. The van der Waals surface area contributed by atoms with E-state index < -0.39 is 5.41 Å². The highest BCUT2D eigenvalue weighted by atomic mass is 16.2. The zero-order valence-corrected chi connectivity index (χ0v) is 16.3. The summed E-state index contributed by atoms with van der Waals surface area (Å²) in [7, 11) is 0. The van der Waals surface area contributed by atoms with Gasteiger partial charge in [0.1, 0.15) is 12.0 Å². The molecule has 2 N–H and O–H groups in total. The monoisotopic (exact) mass is 388 g/mol. The average molecular weight is 388 g/mol. The molecule has 29 heavy (non-hydrogen) atoms. The lowest BCUT2D eigenvalue weighted by atomic mass is 9.65. The van der Waals surface area contributed by atoms with Gasteiger partial charge in [-0.3, -0.25) is 4.79 Å². The quantitative estimate of drug-likeness (QED) is 0.817. The molecule has 7 heteroatoms. The third-order valence-corrected chi connectivity index (χ3v) is 6.52. The third-order valence-electron chi connectivity index (χ3n) is 6.52. The number of amides is 1. The molecule has 1 saturated heterocycles. The van der Waals surface area contributed by atoms with Crippen LogP contribution in [0.4, 0.5) is 11.5 Å². The first-order valence-corrected chi connectivity index (χ1v) is 10.3. The fraction of sp³-hybridized carbons (Fsp3) is 0.455. The Morgan fingerprint density at radius 3 is 3.10 bits per heavy atom. The van der Waals surface area contributed by atoms with Gasteiger partial charge in [0.15, 0.2) is 5.82 Å². The van der Waals surface area contributed by atoms with Crippen LogP contribution in [0.3, 0.4) is 0 Å². The molecule has 1 fully saturated rings. The summed E-state index contributed by atoms with van der Waals surface area (Å²) in [5, 5.41) is 15.6. The molecule has 3 aliphatic rings. The Hall–Kier alpha value is -2.98. The van der Waals surface area contributed by atoms with Crippen LogP contribution in [0.15, 0.2) is 30.6 Å². The SMILES string of the molecule is N#CC[C@H]1CN(c2ncnc3c2NC(=O)C2(CCCc4ccccc42)C3)CCN1. The van der Waals surface area contributed by atoms with Gasteiger partial charge >= 0.3 is 0 Å². The minimum Gasteiger partial charge on any atom is -0.352 e. The molecular weight excluding hydrogens is 364 g/mol. The molecule has 0 saturated carbocycles. The number of nitriles is 1. The summed E-state index contributed by atoms with van der Waals surface area (Å²) in [6.45, 7) is 2.27. The number of rotatable bonds is 2. The highest BCUT2D eigenvalue weighted by Gasteiger charge is 2.47. The lowest BCUT2D eigenvalue weighted by molar-refractivity contribution is -0.122. The van der Waals surface area contributed by atoms with E-state index in [2.05, 4.69) is 49.8 Å². The molecule has 0 bridgehead atoms. The van der Waals surface area contributed by atoms with Crippen molar-refractivity contribution < 1.29 is 4.79 Å². The lowest BCUT2D eigenvalue weighted by Gasteiger charge is -2.42. The van der Waals surface area contributed by atoms with Crippen molar-refractivity contribution in [3.05, 3.63) is 47.4 Å². The zero-order valence-electron chi connectivity index (χ0n) is 16.3. The van der Waals surface area contributed by atoms with Gasteiger partial charge in [-0.05, 0) is 30.4 Å². The van der Waals surface area contributed by atoms with Gasteiger partial charge in [-0.1, -0.05) is 24.3 Å². The van der Waals surface area contributed by atoms with E-state index >= 15 is 0 Å². The van der Waals surface area contributed by atoms with Crippen LogP contribution in [-0.2, 0) is 23.1 Å². The highest BCUT2D eigenvalue weighted by molar-refractivity contribution is 6.04. The zero-order chi connectivity index (χ0) is 19.8. The number of carbonyl (C=O) groups is 1. The Bertz CT molecular complexity index is 999. The molecule has 1 aromatic carbocycles. The molecule has 1 spiro atoms. The second-order valence-corrected chi connectivity index (χ2v) is 8.20. The molecule has 2 aliphatic heterocycles. The second-order valence-electron chi connectivity index (χ2n) is 8.20. The standard InChI is InChI=1S/C22H24N6O/c23-9-7-16-13-28(11-10-24-16)20-19-18(25-14-26-20)12-22(21(29)27-19)8-3-5-15-4-1-2-6-17(15)22/h1-2,4,6,14,16,24H,3,5,7-8,10-13H2,(H,27,29)/t16-,22?/m0/s1. The number of hydrogen-bond donors (Lipinski definition) is 2. The maximum Gasteiger partial charge on any atom is 0.235 e. The van der Waals surface area contributed by atoms with E-state index in [0.717, 1.165) is 55.1 Å². The third kappa shape index (κ3) is 2.95. The summed E-state index contributed by atoms with van der Waals surface area (Å²) in [5.74, 6) is 0.823. The predicted octanol–water partition coefficient (Wildman–Crippen LogP) is 1.94. The Morgan fingerprint density at radius 1 is 1.31 bits per heavy atom. The second kappa shape index (κ2) is 7.12. The summed E-state index contributed by atoms with van der Waals surface area (Å²) in [4.78, 5) is 24.7. The summed E-state index contributed by atoms with van der Waals surface area (Å²) in [6, 6.07) is 10.7. The van der Waals surface area contributed by atoms with Crippen molar-refractivity contribution in [2.24, 2.45) is 0 Å². The number of carbonyl (C=O) groups excluding carboxylic acids is 1. The van der Waals surface area contributed by atoms with Crippen molar-refractivity contribution in [1.29, 1.82) is 5.26 Å². The number of hydrogen-bond acceptors (Lipinski definition) is 6. The van der Waals surface area contributed by atoms with E-state index in [1.807, 2.05) is 6.07 Å². The Kier molecular flexibility index (Phi) is 4.44. The molecule has 1 unspecified atom stereocenters. The highest BCUT2D eigenvalue weighted by Crippen LogP contribution is 2.45. The molecule has 5 rings (SSSR count). The maximum atomic E-state index is 13.5. The predicted molar refractivity (Wildman–Crippen MR) is 110 cm³/mol. The Morgan fingerprint density at radius 2 is 2.21 bits per heavy atom. The van der Waals surface area contributed by atoms with E-state index in [0.29, 0.717) is 19.4 Å². The number of benzene rings is 1. The topological polar surface area (TPSA) is 93.9 Å². The largest absolute Gasteiger partial charge is 0.352 e. The number of aromatic nitrogens is 2. The minimum absolute atomic E-state index is 0.0527. The van der Waals surface area contributed by atoms with Crippen LogP contribution in [0.25, 0.3) is 0 Å². The first kappa shape index (κ1) is 18.1. The lowest BCUT2D eigenvalue weighted by Crippen LogP contribution is -2.52. The van der Waals surface area contributed by atoms with E-state index in [1.165, 1.54) is 5.56 Å². The van der Waals surface area contributed by atoms with Crippen molar-refractivity contribution in [3.63, 3.8) is 0 Å². The number of fused-ring (bicyclic) bond motifs is 3. The number of anilines is 2. The molecule has 0 radical (unpaired) electrons. The van der Waals surface area contributed by atoms with Gasteiger partial charge in [0, 0.05) is 32.1 Å². The molecule has 1 aromatic heterocycles. The van der Waals surface area contributed by atoms with Crippen LogP contribution in [0.5, 0.6) is 0 Å². The minimum atomic E-state index is -0.541. The fourth-order valence-corrected chi connectivity index (χ4v) is 5.12. The number of aryl methyl sites for hydroxylation is 1. The van der Waals surface area contributed by atoms with Gasteiger partial charge in [0.05, 0.1) is 23.6 Å². The van der Waals surface area contributed by atoms with Gasteiger partial charge < -0.3 is 15.5 Å². The maximum absolute atomic E-state index is 13.5. The van der Waals surface area contributed by atoms with Gasteiger partial charge in [-0.2, -0.15) is 5.26 Å². The molecule has 7 nitrogen and oxygen atoms in total. The Balaban J connectivity index is 1.51. The van der Waals surface area contributed by atoms with Crippen LogP contribution in [-0.4, -0.2) is 41.6 Å². The molecule has 1 amide bonds. The van der Waals surface area contributed by atoms with Crippen molar-refractivity contribution in [3.8, 4) is 6.07 Å². The number of piperazine rings is 1. The fourth-order valence-electron chi connectivity index (χ4n) is 5.12. The van der Waals surface area contributed by atoms with Crippen LogP contribution in [0, 0.1) is 11.3 Å². The summed E-state index contributed by atoms with van der Waals surface area (Å²) in [6.07, 6.45) is 5.53. The smallest absolute Gasteiger partial charge is 0.235 e. The van der Waals surface area contributed by atoms with Crippen LogP contribution < -0.4 is 15.5 Å². The molecule has 148 valence electrons. The molecule has 2 aromatic rings. The summed E-state index contributed by atoms with van der Waals surface area (Å²) >= 11 is 0. The van der Waals surface area contributed by atoms with E-state index in [1.54, 1.807) is 6.33 Å². The van der Waals surface area contributed by atoms with Crippen LogP contribution in [0.1, 0.15) is 36.1 Å². The molecule has 1 aliphatic carbocycles. The van der Waals surface area contributed by atoms with Gasteiger partial charge in [-0.15, -0.1) is 0 Å².